The number of carboxylic acid groups (broad SMARTS) is 1. The second-order valence-electron chi connectivity index (χ2n) is 8.36. The van der Waals surface area contributed by atoms with Gasteiger partial charge in [0, 0.05) is 7.05 Å². The normalized spacial score (nSPS) is 19.7. The van der Waals surface area contributed by atoms with Crippen molar-refractivity contribution in [1.82, 2.24) is 10.2 Å². The highest BCUT2D eigenvalue weighted by molar-refractivity contribution is 5.89. The van der Waals surface area contributed by atoms with E-state index in [9.17, 15) is 19.5 Å². The second-order valence-corrected chi connectivity index (χ2v) is 8.36. The fraction of sp³-hybridized carbons (Fsp3) is 0.833. The molecule has 0 aromatic rings. The van der Waals surface area contributed by atoms with Crippen LogP contribution >= 0.6 is 0 Å². The van der Waals surface area contributed by atoms with Crippen molar-refractivity contribution in [1.29, 1.82) is 0 Å². The Morgan fingerprint density at radius 1 is 1.12 bits per heavy atom. The molecule has 142 valence electrons. The number of ether oxygens (including phenoxy) is 1. The van der Waals surface area contributed by atoms with Gasteiger partial charge >= 0.3 is 12.1 Å². The van der Waals surface area contributed by atoms with Crippen molar-refractivity contribution < 1.29 is 24.2 Å². The van der Waals surface area contributed by atoms with E-state index >= 15 is 0 Å². The molecule has 2 amide bonds. The molecule has 25 heavy (non-hydrogen) atoms. The van der Waals surface area contributed by atoms with E-state index in [2.05, 4.69) is 5.32 Å². The van der Waals surface area contributed by atoms with E-state index in [1.165, 1.54) is 11.9 Å². The van der Waals surface area contributed by atoms with E-state index in [1.54, 1.807) is 20.8 Å². The highest BCUT2D eigenvalue weighted by Crippen LogP contribution is 2.36. The van der Waals surface area contributed by atoms with Crippen LogP contribution in [0.25, 0.3) is 0 Å². The monoisotopic (exact) mass is 354 g/mol. The van der Waals surface area contributed by atoms with Gasteiger partial charge in [-0.05, 0) is 45.4 Å². The number of hydrogen-bond donors (Lipinski definition) is 2. The third-order valence-electron chi connectivity index (χ3n) is 4.61. The Balaban J connectivity index is 2.02. The van der Waals surface area contributed by atoms with Crippen LogP contribution in [0.15, 0.2) is 0 Å². The van der Waals surface area contributed by atoms with Crippen molar-refractivity contribution in [3.05, 3.63) is 0 Å². The predicted octanol–water partition coefficient (Wildman–Crippen LogP) is 2.39. The molecule has 0 bridgehead atoms. The van der Waals surface area contributed by atoms with Crippen LogP contribution in [-0.2, 0) is 14.3 Å². The molecule has 2 aliphatic rings. The first-order valence-corrected chi connectivity index (χ1v) is 9.06. The van der Waals surface area contributed by atoms with Gasteiger partial charge in [-0.1, -0.05) is 25.7 Å². The highest BCUT2D eigenvalue weighted by Gasteiger charge is 2.38. The molecule has 0 aliphatic heterocycles. The summed E-state index contributed by atoms with van der Waals surface area (Å²) in [6.07, 6.45) is 4.47. The van der Waals surface area contributed by atoms with Crippen LogP contribution in [0.5, 0.6) is 0 Å². The van der Waals surface area contributed by atoms with Gasteiger partial charge in [0.05, 0.1) is 0 Å². The van der Waals surface area contributed by atoms with Crippen LogP contribution in [0, 0.1) is 11.8 Å². The van der Waals surface area contributed by atoms with Gasteiger partial charge in [0.1, 0.15) is 17.7 Å². The first kappa shape index (κ1) is 19.5. The van der Waals surface area contributed by atoms with Crippen LogP contribution in [0.4, 0.5) is 4.79 Å². The molecule has 2 rings (SSSR count). The summed E-state index contributed by atoms with van der Waals surface area (Å²) in [5, 5.41) is 12.1. The Bertz CT molecular complexity index is 520. The van der Waals surface area contributed by atoms with Crippen molar-refractivity contribution in [3.63, 3.8) is 0 Å². The molecule has 2 atom stereocenters. The molecule has 0 spiro atoms. The second kappa shape index (κ2) is 7.62. The predicted molar refractivity (Wildman–Crippen MR) is 92.0 cm³/mol. The minimum Gasteiger partial charge on any atom is -0.480 e. The lowest BCUT2D eigenvalue weighted by atomic mass is 10.1. The lowest BCUT2D eigenvalue weighted by Gasteiger charge is -2.30. The molecule has 0 aromatic heterocycles. The maximum absolute atomic E-state index is 12.8. The molecule has 7 nitrogen and oxygen atoms in total. The summed E-state index contributed by atoms with van der Waals surface area (Å²) in [6, 6.07) is -1.59. The van der Waals surface area contributed by atoms with E-state index in [0.29, 0.717) is 24.7 Å². The highest BCUT2D eigenvalue weighted by atomic mass is 16.6. The van der Waals surface area contributed by atoms with Gasteiger partial charge in [0.2, 0.25) is 5.91 Å². The van der Waals surface area contributed by atoms with Crippen molar-refractivity contribution in [3.8, 4) is 0 Å². The number of carbonyl (C=O) groups excluding carboxylic acids is 2. The average Bonchev–Trinajstić information content (AvgIpc) is 3.34. The molecule has 0 heterocycles. The molecular formula is C18H30N2O5. The van der Waals surface area contributed by atoms with Crippen LogP contribution in [-0.4, -0.2) is 52.7 Å². The number of hydrogen-bond acceptors (Lipinski definition) is 4. The third kappa shape index (κ3) is 6.55. The molecule has 0 radical (unpaired) electrons. The number of nitrogens with one attached hydrogen (secondary N) is 1. The van der Waals surface area contributed by atoms with E-state index < -0.39 is 29.7 Å². The lowest BCUT2D eigenvalue weighted by Crippen LogP contribution is -2.53. The molecule has 2 unspecified atom stereocenters. The van der Waals surface area contributed by atoms with E-state index in [1.807, 2.05) is 0 Å². The molecule has 2 saturated carbocycles. The number of aliphatic carboxylic acids is 1. The summed E-state index contributed by atoms with van der Waals surface area (Å²) in [4.78, 5) is 37.8. The van der Waals surface area contributed by atoms with Crippen LogP contribution < -0.4 is 5.32 Å². The number of alkyl carbamates (subject to hydrolysis) is 1. The molecule has 2 N–H and O–H groups in total. The Labute approximate surface area is 149 Å². The van der Waals surface area contributed by atoms with E-state index in [-0.39, 0.29) is 5.91 Å². The topological polar surface area (TPSA) is 95.9 Å². The summed E-state index contributed by atoms with van der Waals surface area (Å²) in [6.45, 7) is 5.27. The Kier molecular flexibility index (Phi) is 5.95. The molecule has 7 heteroatoms. The largest absolute Gasteiger partial charge is 0.480 e. The zero-order chi connectivity index (χ0) is 18.8. The van der Waals surface area contributed by atoms with Gasteiger partial charge in [0.25, 0.3) is 0 Å². The minimum absolute atomic E-state index is 0.356. The van der Waals surface area contributed by atoms with Gasteiger partial charge in [-0.2, -0.15) is 0 Å². The fourth-order valence-electron chi connectivity index (χ4n) is 2.85. The zero-order valence-electron chi connectivity index (χ0n) is 15.6. The number of nitrogens with zero attached hydrogens (tertiary/aromatic N) is 1. The van der Waals surface area contributed by atoms with Gasteiger partial charge in [-0.3, -0.25) is 4.79 Å². The molecular weight excluding hydrogens is 324 g/mol. The fourth-order valence-corrected chi connectivity index (χ4v) is 2.85. The van der Waals surface area contributed by atoms with Crippen molar-refractivity contribution >= 4 is 18.0 Å². The SMILES string of the molecule is CN(C(=O)C(CC1CC1)NC(=O)OC(C)(C)C)C(CC1CC1)C(=O)O. The number of likely N-dealkylation sites (N-methyl/N-ethyl adjacent to an activating group) is 1. The summed E-state index contributed by atoms with van der Waals surface area (Å²) < 4.78 is 5.25. The Morgan fingerprint density at radius 3 is 2.08 bits per heavy atom. The summed E-state index contributed by atoms with van der Waals surface area (Å²) in [5.74, 6) is -0.558. The van der Waals surface area contributed by atoms with Crippen molar-refractivity contribution in [2.24, 2.45) is 11.8 Å². The number of amides is 2. The third-order valence-corrected chi connectivity index (χ3v) is 4.61. The quantitative estimate of drug-likeness (QED) is 0.698. The lowest BCUT2D eigenvalue weighted by molar-refractivity contribution is -0.150. The summed E-state index contributed by atoms with van der Waals surface area (Å²) in [5.41, 5.74) is -0.654. The zero-order valence-corrected chi connectivity index (χ0v) is 15.6. The van der Waals surface area contributed by atoms with E-state index in [0.717, 1.165) is 25.7 Å². The Hall–Kier alpha value is -1.79. The summed E-state index contributed by atoms with van der Waals surface area (Å²) >= 11 is 0. The van der Waals surface area contributed by atoms with Gasteiger partial charge in [-0.25, -0.2) is 9.59 Å². The molecule has 0 aromatic carbocycles. The smallest absolute Gasteiger partial charge is 0.408 e. The van der Waals surface area contributed by atoms with Crippen LogP contribution in [0.3, 0.4) is 0 Å². The molecule has 0 saturated heterocycles. The maximum Gasteiger partial charge on any atom is 0.408 e. The maximum atomic E-state index is 12.8. The first-order chi connectivity index (χ1) is 11.6. The molecule has 2 fully saturated rings. The number of carboxylic acids is 1. The van der Waals surface area contributed by atoms with Crippen LogP contribution in [0.2, 0.25) is 0 Å². The van der Waals surface area contributed by atoms with Crippen molar-refractivity contribution in [2.45, 2.75) is 77.0 Å². The Morgan fingerprint density at radius 2 is 1.64 bits per heavy atom. The van der Waals surface area contributed by atoms with Gasteiger partial charge < -0.3 is 20.1 Å². The van der Waals surface area contributed by atoms with E-state index in [4.69, 9.17) is 4.74 Å². The van der Waals surface area contributed by atoms with Gasteiger partial charge in [0.15, 0.2) is 0 Å². The first-order valence-electron chi connectivity index (χ1n) is 9.06. The van der Waals surface area contributed by atoms with Crippen molar-refractivity contribution in [2.75, 3.05) is 7.05 Å². The standard InChI is InChI=1S/C18H30N2O5/c1-18(2,3)25-17(24)19-13(9-11-5-6-11)15(21)20(4)14(16(22)23)10-12-7-8-12/h11-14H,5-10H2,1-4H3,(H,19,24)(H,22,23). The van der Waals surface area contributed by atoms with Crippen LogP contribution in [0.1, 0.15) is 59.3 Å². The number of rotatable bonds is 8. The molecule has 2 aliphatic carbocycles. The summed E-state index contributed by atoms with van der Waals surface area (Å²) in [7, 11) is 1.51. The van der Waals surface area contributed by atoms with Gasteiger partial charge in [-0.15, -0.1) is 0 Å². The average molecular weight is 354 g/mol. The number of carbonyl (C=O) groups is 3. The minimum atomic E-state index is -0.995.